The number of pyridine rings is 1. The summed E-state index contributed by atoms with van der Waals surface area (Å²) in [6.45, 7) is -0.343. The van der Waals surface area contributed by atoms with Crippen molar-refractivity contribution < 1.29 is 17.9 Å². The van der Waals surface area contributed by atoms with Crippen molar-refractivity contribution in [1.82, 2.24) is 9.71 Å². The van der Waals surface area contributed by atoms with Gasteiger partial charge in [-0.15, -0.1) is 0 Å². The van der Waals surface area contributed by atoms with E-state index in [1.807, 2.05) is 4.72 Å². The summed E-state index contributed by atoms with van der Waals surface area (Å²) in [4.78, 5) is 15.3. The number of carbonyl (C=O) groups is 1. The standard InChI is InChI=1S/C14H12Cl2N2O4S/c15-11-5-6-14(17-7-11)23(20,21)18-13(19)9-22-8-10-3-1-2-4-12(10)16/h1-7H,8-9H2,(H,18,19). The van der Waals surface area contributed by atoms with Crippen LogP contribution in [0.4, 0.5) is 0 Å². The van der Waals surface area contributed by atoms with Gasteiger partial charge in [-0.1, -0.05) is 41.4 Å². The lowest BCUT2D eigenvalue weighted by molar-refractivity contribution is -0.124. The average molecular weight is 375 g/mol. The minimum atomic E-state index is -4.05. The zero-order valence-electron chi connectivity index (χ0n) is 11.7. The summed E-state index contributed by atoms with van der Waals surface area (Å²) in [7, 11) is -4.05. The van der Waals surface area contributed by atoms with Gasteiger partial charge in [0.1, 0.15) is 6.61 Å². The quantitative estimate of drug-likeness (QED) is 0.838. The maximum atomic E-state index is 11.9. The van der Waals surface area contributed by atoms with E-state index in [4.69, 9.17) is 27.9 Å². The van der Waals surface area contributed by atoms with Gasteiger partial charge in [0.15, 0.2) is 5.03 Å². The number of carbonyl (C=O) groups excluding carboxylic acids is 1. The fourth-order valence-electron chi connectivity index (χ4n) is 1.62. The Morgan fingerprint density at radius 2 is 1.91 bits per heavy atom. The maximum Gasteiger partial charge on any atom is 0.281 e. The van der Waals surface area contributed by atoms with Gasteiger partial charge in [-0.05, 0) is 23.8 Å². The van der Waals surface area contributed by atoms with Crippen LogP contribution in [0.5, 0.6) is 0 Å². The molecule has 6 nitrogen and oxygen atoms in total. The van der Waals surface area contributed by atoms with Crippen LogP contribution in [0.25, 0.3) is 0 Å². The van der Waals surface area contributed by atoms with Crippen molar-refractivity contribution >= 4 is 39.1 Å². The van der Waals surface area contributed by atoms with Crippen molar-refractivity contribution in [3.05, 3.63) is 58.2 Å². The minimum absolute atomic E-state index is 0.0896. The highest BCUT2D eigenvalue weighted by atomic mass is 35.5. The second-order valence-electron chi connectivity index (χ2n) is 4.43. The zero-order chi connectivity index (χ0) is 16.9. The van der Waals surface area contributed by atoms with Crippen molar-refractivity contribution in [2.24, 2.45) is 0 Å². The second kappa shape index (κ2) is 7.74. The summed E-state index contributed by atoms with van der Waals surface area (Å²) in [6, 6.07) is 9.54. The highest BCUT2D eigenvalue weighted by Gasteiger charge is 2.19. The van der Waals surface area contributed by atoms with E-state index in [0.29, 0.717) is 15.6 Å². The third-order valence-corrected chi connectivity index (χ3v) is 4.55. The number of amides is 1. The van der Waals surface area contributed by atoms with Crippen LogP contribution >= 0.6 is 23.2 Å². The van der Waals surface area contributed by atoms with Crippen LogP contribution < -0.4 is 4.72 Å². The van der Waals surface area contributed by atoms with Crippen LogP contribution in [0.1, 0.15) is 5.56 Å². The summed E-state index contributed by atoms with van der Waals surface area (Å²) < 4.78 is 30.9. The molecule has 9 heteroatoms. The Morgan fingerprint density at radius 3 is 2.57 bits per heavy atom. The Labute approximate surface area is 143 Å². The zero-order valence-corrected chi connectivity index (χ0v) is 14.0. The van der Waals surface area contributed by atoms with Gasteiger partial charge in [-0.3, -0.25) is 4.79 Å². The number of nitrogens with zero attached hydrogens (tertiary/aromatic N) is 1. The second-order valence-corrected chi connectivity index (χ2v) is 6.90. The normalized spacial score (nSPS) is 11.2. The molecule has 0 saturated heterocycles. The number of benzene rings is 1. The Balaban J connectivity index is 1.89. The number of ether oxygens (including phenoxy) is 1. The number of sulfonamides is 1. The predicted octanol–water partition coefficient (Wildman–Crippen LogP) is 2.41. The molecule has 0 saturated carbocycles. The van der Waals surface area contributed by atoms with Crippen molar-refractivity contribution in [2.45, 2.75) is 11.6 Å². The Kier molecular flexibility index (Phi) is 5.95. The van der Waals surface area contributed by atoms with Gasteiger partial charge in [0.25, 0.3) is 15.9 Å². The van der Waals surface area contributed by atoms with Gasteiger partial charge in [-0.25, -0.2) is 9.71 Å². The molecule has 0 atom stereocenters. The highest BCUT2D eigenvalue weighted by Crippen LogP contribution is 2.15. The van der Waals surface area contributed by atoms with Gasteiger partial charge < -0.3 is 4.74 Å². The van der Waals surface area contributed by atoms with Crippen molar-refractivity contribution in [2.75, 3.05) is 6.61 Å². The Morgan fingerprint density at radius 1 is 1.17 bits per heavy atom. The van der Waals surface area contributed by atoms with Gasteiger partial charge in [0, 0.05) is 11.2 Å². The van der Waals surface area contributed by atoms with Gasteiger partial charge in [0.2, 0.25) is 0 Å². The van der Waals surface area contributed by atoms with E-state index in [9.17, 15) is 13.2 Å². The smallest absolute Gasteiger partial charge is 0.281 e. The van der Waals surface area contributed by atoms with E-state index in [1.165, 1.54) is 18.3 Å². The van der Waals surface area contributed by atoms with Crippen LogP contribution in [0.15, 0.2) is 47.6 Å². The van der Waals surface area contributed by atoms with Crippen LogP contribution in [-0.4, -0.2) is 25.9 Å². The molecule has 0 radical (unpaired) electrons. The van der Waals surface area contributed by atoms with Gasteiger partial charge >= 0.3 is 0 Å². The van der Waals surface area contributed by atoms with Crippen LogP contribution in [0.3, 0.4) is 0 Å². The number of hydrogen-bond acceptors (Lipinski definition) is 5. The molecule has 1 amide bonds. The number of nitrogens with one attached hydrogen (secondary N) is 1. The third kappa shape index (κ3) is 5.18. The Bertz CT molecular complexity index is 795. The topological polar surface area (TPSA) is 85.4 Å². The average Bonchev–Trinajstić information content (AvgIpc) is 2.49. The molecule has 0 unspecified atom stereocenters. The number of rotatable bonds is 6. The lowest BCUT2D eigenvalue weighted by atomic mass is 10.2. The Hall–Kier alpha value is -1.67. The molecule has 0 bridgehead atoms. The van der Waals surface area contributed by atoms with Gasteiger partial charge in [-0.2, -0.15) is 8.42 Å². The van der Waals surface area contributed by atoms with E-state index in [1.54, 1.807) is 24.3 Å². The van der Waals surface area contributed by atoms with E-state index in [-0.39, 0.29) is 11.6 Å². The van der Waals surface area contributed by atoms with Crippen molar-refractivity contribution in [3.63, 3.8) is 0 Å². The first-order valence-corrected chi connectivity index (χ1v) is 8.61. The molecule has 1 N–H and O–H groups in total. The molecule has 0 aliphatic carbocycles. The minimum Gasteiger partial charge on any atom is -0.367 e. The number of halogens is 2. The van der Waals surface area contributed by atoms with E-state index >= 15 is 0 Å². The monoisotopic (exact) mass is 374 g/mol. The molecule has 122 valence electrons. The molecule has 0 aliphatic rings. The summed E-state index contributed by atoms with van der Waals surface area (Å²) in [6.07, 6.45) is 1.18. The molecule has 1 aromatic heterocycles. The molecule has 1 heterocycles. The summed E-state index contributed by atoms with van der Waals surface area (Å²) in [5.74, 6) is -0.811. The first kappa shape index (κ1) is 17.7. The first-order valence-electron chi connectivity index (χ1n) is 6.37. The molecule has 0 spiro atoms. The summed E-state index contributed by atoms with van der Waals surface area (Å²) in [5.41, 5.74) is 0.698. The lowest BCUT2D eigenvalue weighted by Gasteiger charge is -2.08. The molecule has 1 aromatic carbocycles. The largest absolute Gasteiger partial charge is 0.367 e. The summed E-state index contributed by atoms with van der Waals surface area (Å²) in [5, 5.41) is 0.491. The third-order valence-electron chi connectivity index (χ3n) is 2.67. The first-order chi connectivity index (χ1) is 10.9. The highest BCUT2D eigenvalue weighted by molar-refractivity contribution is 7.90. The molecule has 0 aliphatic heterocycles. The number of hydrogen-bond donors (Lipinski definition) is 1. The molecule has 23 heavy (non-hydrogen) atoms. The molecular weight excluding hydrogens is 363 g/mol. The predicted molar refractivity (Wildman–Crippen MR) is 85.7 cm³/mol. The molecule has 2 rings (SSSR count). The fraction of sp³-hybridized carbons (Fsp3) is 0.143. The lowest BCUT2D eigenvalue weighted by Crippen LogP contribution is -2.33. The molecule has 2 aromatic rings. The maximum absolute atomic E-state index is 11.9. The SMILES string of the molecule is O=C(COCc1ccccc1Cl)NS(=O)(=O)c1ccc(Cl)cn1. The molecule has 0 fully saturated rings. The van der Waals surface area contributed by atoms with Gasteiger partial charge in [0.05, 0.1) is 11.6 Å². The van der Waals surface area contributed by atoms with E-state index < -0.39 is 22.5 Å². The van der Waals surface area contributed by atoms with E-state index in [2.05, 4.69) is 4.98 Å². The summed E-state index contributed by atoms with van der Waals surface area (Å²) >= 11 is 11.6. The van der Waals surface area contributed by atoms with Crippen molar-refractivity contribution in [3.8, 4) is 0 Å². The fourth-order valence-corrected chi connectivity index (χ4v) is 2.83. The van der Waals surface area contributed by atoms with Crippen LogP contribution in [0.2, 0.25) is 10.0 Å². The van der Waals surface area contributed by atoms with E-state index in [0.717, 1.165) is 0 Å². The van der Waals surface area contributed by atoms with Crippen LogP contribution in [-0.2, 0) is 26.2 Å². The molecular formula is C14H12Cl2N2O4S. The van der Waals surface area contributed by atoms with Crippen molar-refractivity contribution in [1.29, 1.82) is 0 Å². The van der Waals surface area contributed by atoms with Crippen LogP contribution in [0, 0.1) is 0 Å². The number of aromatic nitrogens is 1.